The third-order valence-electron chi connectivity index (χ3n) is 3.20. The summed E-state index contributed by atoms with van der Waals surface area (Å²) in [7, 11) is 0. The SMILES string of the molecule is FC(F)(F)c1ccc2c(c1)[C@H]1O[C@H]2[C@@H](Br)[C@H]1Br. The molecule has 0 amide bonds. The lowest BCUT2D eigenvalue weighted by Crippen LogP contribution is -2.22. The van der Waals surface area contributed by atoms with Crippen molar-refractivity contribution in [2.45, 2.75) is 28.0 Å². The highest BCUT2D eigenvalue weighted by molar-refractivity contribution is 9.12. The average molecular weight is 372 g/mol. The molecule has 0 aromatic heterocycles. The largest absolute Gasteiger partial charge is 0.416 e. The van der Waals surface area contributed by atoms with Crippen LogP contribution in [0.4, 0.5) is 13.2 Å². The van der Waals surface area contributed by atoms with Crippen molar-refractivity contribution in [2.75, 3.05) is 0 Å². The van der Waals surface area contributed by atoms with Crippen molar-refractivity contribution in [3.8, 4) is 0 Å². The van der Waals surface area contributed by atoms with Gasteiger partial charge in [0, 0.05) is 0 Å². The summed E-state index contributed by atoms with van der Waals surface area (Å²) in [5.41, 5.74) is 0.904. The van der Waals surface area contributed by atoms with Crippen LogP contribution in [0.3, 0.4) is 0 Å². The fourth-order valence-corrected chi connectivity index (χ4v) is 3.76. The molecule has 1 saturated heterocycles. The van der Waals surface area contributed by atoms with Gasteiger partial charge in [0.05, 0.1) is 27.4 Å². The number of rotatable bonds is 0. The second kappa shape index (κ2) is 3.71. The number of benzene rings is 1. The topological polar surface area (TPSA) is 9.23 Å². The Morgan fingerprint density at radius 2 is 1.59 bits per heavy atom. The lowest BCUT2D eigenvalue weighted by Gasteiger charge is -2.22. The summed E-state index contributed by atoms with van der Waals surface area (Å²) in [6, 6.07) is 3.84. The van der Waals surface area contributed by atoms with Gasteiger partial charge in [0.1, 0.15) is 0 Å². The molecule has 1 fully saturated rings. The van der Waals surface area contributed by atoms with E-state index in [1.807, 2.05) is 0 Å². The lowest BCUT2D eigenvalue weighted by molar-refractivity contribution is -0.137. The van der Waals surface area contributed by atoms with E-state index >= 15 is 0 Å². The van der Waals surface area contributed by atoms with E-state index in [2.05, 4.69) is 31.9 Å². The molecule has 0 N–H and O–H groups in total. The molecule has 0 radical (unpaired) electrons. The van der Waals surface area contributed by atoms with Crippen LogP contribution in [0.2, 0.25) is 0 Å². The molecule has 6 heteroatoms. The highest BCUT2D eigenvalue weighted by Crippen LogP contribution is 2.56. The van der Waals surface area contributed by atoms with E-state index < -0.39 is 11.7 Å². The van der Waals surface area contributed by atoms with Crippen molar-refractivity contribution >= 4 is 31.9 Å². The molecule has 2 aliphatic rings. The summed E-state index contributed by atoms with van der Waals surface area (Å²) < 4.78 is 43.5. The normalized spacial score (nSPS) is 35.1. The molecule has 1 nitrogen and oxygen atoms in total. The Morgan fingerprint density at radius 3 is 2.18 bits per heavy atom. The van der Waals surface area contributed by atoms with Crippen molar-refractivity contribution in [3.05, 3.63) is 34.9 Å². The molecule has 17 heavy (non-hydrogen) atoms. The first kappa shape index (κ1) is 12.0. The average Bonchev–Trinajstić information content (AvgIpc) is 2.76. The van der Waals surface area contributed by atoms with Gasteiger partial charge in [-0.25, -0.2) is 0 Å². The van der Waals surface area contributed by atoms with Crippen LogP contribution in [0.5, 0.6) is 0 Å². The van der Waals surface area contributed by atoms with Gasteiger partial charge in [-0.3, -0.25) is 0 Å². The summed E-state index contributed by atoms with van der Waals surface area (Å²) in [5.74, 6) is 0. The molecule has 3 rings (SSSR count). The molecule has 0 aliphatic carbocycles. The van der Waals surface area contributed by atoms with Crippen molar-refractivity contribution in [1.82, 2.24) is 0 Å². The Morgan fingerprint density at radius 1 is 1.00 bits per heavy atom. The molecule has 0 unspecified atom stereocenters. The number of fused-ring (bicyclic) bond motifs is 5. The quantitative estimate of drug-likeness (QED) is 0.616. The lowest BCUT2D eigenvalue weighted by atomic mass is 9.90. The van der Waals surface area contributed by atoms with Crippen LogP contribution in [-0.4, -0.2) is 9.65 Å². The third kappa shape index (κ3) is 1.68. The van der Waals surface area contributed by atoms with E-state index in [4.69, 9.17) is 4.74 Å². The van der Waals surface area contributed by atoms with Gasteiger partial charge in [0.2, 0.25) is 0 Å². The molecule has 92 valence electrons. The Bertz CT molecular complexity index is 474. The molecule has 0 saturated carbocycles. The first-order chi connectivity index (χ1) is 7.89. The number of ether oxygens (including phenoxy) is 1. The van der Waals surface area contributed by atoms with E-state index in [1.165, 1.54) is 12.1 Å². The van der Waals surface area contributed by atoms with Crippen LogP contribution >= 0.6 is 31.9 Å². The van der Waals surface area contributed by atoms with E-state index in [9.17, 15) is 13.2 Å². The summed E-state index contributed by atoms with van der Waals surface area (Å²) in [5, 5.41) is 0. The first-order valence-corrected chi connectivity index (χ1v) is 6.87. The summed E-state index contributed by atoms with van der Waals surface area (Å²) >= 11 is 6.95. The predicted octanol–water partition coefficient (Wildman–Crippen LogP) is 4.36. The highest BCUT2D eigenvalue weighted by atomic mass is 79.9. The second-order valence-electron chi connectivity index (χ2n) is 4.21. The first-order valence-electron chi connectivity index (χ1n) is 5.04. The summed E-state index contributed by atoms with van der Waals surface area (Å²) in [6.07, 6.45) is -4.74. The Kier molecular flexibility index (Phi) is 2.62. The number of halogens is 5. The number of alkyl halides is 5. The van der Waals surface area contributed by atoms with Crippen LogP contribution < -0.4 is 0 Å². The molecular weight excluding hydrogens is 365 g/mol. The van der Waals surface area contributed by atoms with E-state index in [0.29, 0.717) is 5.56 Å². The van der Waals surface area contributed by atoms with Gasteiger partial charge in [-0.15, -0.1) is 0 Å². The predicted molar refractivity (Wildman–Crippen MR) is 63.4 cm³/mol. The van der Waals surface area contributed by atoms with E-state index in [1.54, 1.807) is 0 Å². The number of hydrogen-bond acceptors (Lipinski definition) is 1. The van der Waals surface area contributed by atoms with Gasteiger partial charge < -0.3 is 4.74 Å². The van der Waals surface area contributed by atoms with Gasteiger partial charge in [-0.1, -0.05) is 37.9 Å². The molecule has 4 atom stereocenters. The molecule has 0 spiro atoms. The molecule has 2 bridgehead atoms. The van der Waals surface area contributed by atoms with Gasteiger partial charge >= 0.3 is 6.18 Å². The standard InChI is InChI=1S/C11H7Br2F3O/c12-7-8(13)10-6-3-4(11(14,15)16)1-2-5(6)9(7)17-10/h1-3,7-10H/t7-,8+,9+,10+/m0/s1. The molecule has 2 heterocycles. The Balaban J connectivity index is 2.08. The summed E-state index contributed by atoms with van der Waals surface area (Å²) in [4.78, 5) is 0.125. The monoisotopic (exact) mass is 370 g/mol. The van der Waals surface area contributed by atoms with Crippen LogP contribution in [-0.2, 0) is 10.9 Å². The maximum Gasteiger partial charge on any atom is 0.416 e. The van der Waals surface area contributed by atoms with Gasteiger partial charge in [0.25, 0.3) is 0 Å². The second-order valence-corrected chi connectivity index (χ2v) is 6.32. The minimum atomic E-state index is -4.30. The van der Waals surface area contributed by atoms with Crippen LogP contribution in [0.15, 0.2) is 18.2 Å². The number of hydrogen-bond donors (Lipinski definition) is 0. The maximum absolute atomic E-state index is 12.6. The van der Waals surface area contributed by atoms with E-state index in [0.717, 1.165) is 11.6 Å². The van der Waals surface area contributed by atoms with E-state index in [-0.39, 0.29) is 21.9 Å². The van der Waals surface area contributed by atoms with Crippen LogP contribution in [0, 0.1) is 0 Å². The molecular formula is C11H7Br2F3O. The van der Waals surface area contributed by atoms with Crippen molar-refractivity contribution in [2.24, 2.45) is 0 Å². The minimum Gasteiger partial charge on any atom is -0.363 e. The zero-order chi connectivity index (χ0) is 12.4. The maximum atomic E-state index is 12.6. The highest BCUT2D eigenvalue weighted by Gasteiger charge is 2.51. The Labute approximate surface area is 113 Å². The van der Waals surface area contributed by atoms with Crippen molar-refractivity contribution in [3.63, 3.8) is 0 Å². The smallest absolute Gasteiger partial charge is 0.363 e. The zero-order valence-corrected chi connectivity index (χ0v) is 11.5. The molecule has 1 aromatic carbocycles. The molecule has 2 aliphatic heterocycles. The zero-order valence-electron chi connectivity index (χ0n) is 8.34. The fraction of sp³-hybridized carbons (Fsp3) is 0.455. The summed E-state index contributed by atoms with van der Waals surface area (Å²) in [6.45, 7) is 0. The molecule has 1 aromatic rings. The van der Waals surface area contributed by atoms with Crippen LogP contribution in [0.1, 0.15) is 28.9 Å². The minimum absolute atomic E-state index is 0.0171. The van der Waals surface area contributed by atoms with Crippen molar-refractivity contribution in [1.29, 1.82) is 0 Å². The van der Waals surface area contributed by atoms with Gasteiger partial charge in [-0.05, 0) is 23.3 Å². The van der Waals surface area contributed by atoms with Gasteiger partial charge in [-0.2, -0.15) is 13.2 Å². The Hall–Kier alpha value is -0.0700. The third-order valence-corrected chi connectivity index (χ3v) is 6.01. The van der Waals surface area contributed by atoms with Crippen LogP contribution in [0.25, 0.3) is 0 Å². The van der Waals surface area contributed by atoms with Gasteiger partial charge in [0.15, 0.2) is 0 Å². The fourth-order valence-electron chi connectivity index (χ4n) is 2.39. The van der Waals surface area contributed by atoms with Crippen molar-refractivity contribution < 1.29 is 17.9 Å².